The molecule has 2 heterocycles. The van der Waals surface area contributed by atoms with Crippen molar-refractivity contribution in [1.82, 2.24) is 21.2 Å². The lowest BCUT2D eigenvalue weighted by Crippen LogP contribution is -2.30. The smallest absolute Gasteiger partial charge is 0.224 e. The zero-order chi connectivity index (χ0) is 14.4. The molecule has 5 nitrogen and oxygen atoms in total. The second-order valence-electron chi connectivity index (χ2n) is 5.56. The third kappa shape index (κ3) is 4.28. The van der Waals surface area contributed by atoms with Crippen molar-refractivity contribution in [3.05, 3.63) is 30.1 Å². The van der Waals surface area contributed by atoms with Crippen LogP contribution in [0, 0.1) is 5.92 Å². The van der Waals surface area contributed by atoms with Crippen LogP contribution in [0.15, 0.2) is 24.5 Å². The zero-order valence-corrected chi connectivity index (χ0v) is 12.2. The Bertz CT molecular complexity index is 413. The fraction of sp³-hybridized carbons (Fsp3) is 0.600. The predicted octanol–water partition coefficient (Wildman–Crippen LogP) is 1.02. The Balaban J connectivity index is 1.62. The van der Waals surface area contributed by atoms with Crippen LogP contribution in [-0.4, -0.2) is 29.5 Å². The van der Waals surface area contributed by atoms with Crippen molar-refractivity contribution >= 4 is 5.91 Å². The lowest BCUT2D eigenvalue weighted by molar-refractivity contribution is -0.120. The van der Waals surface area contributed by atoms with Gasteiger partial charge in [-0.2, -0.15) is 0 Å². The topological polar surface area (TPSA) is 66.0 Å². The van der Waals surface area contributed by atoms with Gasteiger partial charge in [0, 0.05) is 31.0 Å². The molecule has 3 N–H and O–H groups in total. The van der Waals surface area contributed by atoms with Gasteiger partial charge in [0.25, 0.3) is 0 Å². The van der Waals surface area contributed by atoms with E-state index in [2.05, 4.69) is 35.0 Å². The first-order valence-electron chi connectivity index (χ1n) is 7.33. The molecule has 20 heavy (non-hydrogen) atoms. The molecule has 0 radical (unpaired) electrons. The average Bonchev–Trinajstić information content (AvgIpc) is 2.76. The highest BCUT2D eigenvalue weighted by atomic mass is 16.1. The lowest BCUT2D eigenvalue weighted by atomic mass is 9.92. The van der Waals surface area contributed by atoms with Crippen molar-refractivity contribution in [3.8, 4) is 0 Å². The highest BCUT2D eigenvalue weighted by molar-refractivity contribution is 5.78. The molecule has 0 bridgehead atoms. The van der Waals surface area contributed by atoms with E-state index in [0.29, 0.717) is 24.4 Å². The highest BCUT2D eigenvalue weighted by Crippen LogP contribution is 2.19. The van der Waals surface area contributed by atoms with E-state index < -0.39 is 0 Å². The van der Waals surface area contributed by atoms with Crippen LogP contribution in [0.4, 0.5) is 0 Å². The molecule has 0 aromatic carbocycles. The molecule has 1 aromatic heterocycles. The predicted molar refractivity (Wildman–Crippen MR) is 78.9 cm³/mol. The Morgan fingerprint density at radius 1 is 1.35 bits per heavy atom. The summed E-state index contributed by atoms with van der Waals surface area (Å²) in [6.07, 6.45) is 6.00. The second kappa shape index (κ2) is 7.36. The number of aromatic nitrogens is 1. The Morgan fingerprint density at radius 2 is 2.10 bits per heavy atom. The Hall–Kier alpha value is -1.46. The summed E-state index contributed by atoms with van der Waals surface area (Å²) in [5.74, 6) is 0.701. The van der Waals surface area contributed by atoms with Crippen molar-refractivity contribution in [2.24, 2.45) is 5.92 Å². The first-order valence-corrected chi connectivity index (χ1v) is 7.33. The standard InChI is InChI=1S/C15H24N4O/c1-11-14(12(2)19-18-11)6-4-8-17-15(20)9-13-5-3-7-16-10-13/h3,5,7,10-12,14,18-19H,4,6,8-9H2,1-2H3,(H,17,20). The van der Waals surface area contributed by atoms with Gasteiger partial charge in [-0.05, 0) is 44.2 Å². The fourth-order valence-corrected chi connectivity index (χ4v) is 2.73. The summed E-state index contributed by atoms with van der Waals surface area (Å²) in [5.41, 5.74) is 7.47. The first kappa shape index (κ1) is 14.9. The van der Waals surface area contributed by atoms with Crippen LogP contribution < -0.4 is 16.2 Å². The number of carbonyl (C=O) groups is 1. The van der Waals surface area contributed by atoms with Crippen LogP contribution >= 0.6 is 0 Å². The Morgan fingerprint density at radius 3 is 2.75 bits per heavy atom. The zero-order valence-electron chi connectivity index (χ0n) is 12.2. The van der Waals surface area contributed by atoms with E-state index in [0.717, 1.165) is 24.9 Å². The molecule has 2 atom stereocenters. The maximum Gasteiger partial charge on any atom is 0.224 e. The molecule has 1 aliphatic heterocycles. The molecule has 0 aliphatic carbocycles. The van der Waals surface area contributed by atoms with Crippen molar-refractivity contribution in [2.45, 2.75) is 45.2 Å². The Kier molecular flexibility index (Phi) is 5.49. The molecule has 2 rings (SSSR count). The fourth-order valence-electron chi connectivity index (χ4n) is 2.73. The van der Waals surface area contributed by atoms with Gasteiger partial charge in [0.1, 0.15) is 0 Å². The van der Waals surface area contributed by atoms with E-state index in [9.17, 15) is 4.79 Å². The van der Waals surface area contributed by atoms with E-state index in [1.54, 1.807) is 12.4 Å². The highest BCUT2D eigenvalue weighted by Gasteiger charge is 2.28. The normalized spacial score (nSPS) is 25.6. The van der Waals surface area contributed by atoms with E-state index in [4.69, 9.17) is 0 Å². The van der Waals surface area contributed by atoms with Crippen molar-refractivity contribution in [2.75, 3.05) is 6.54 Å². The second-order valence-corrected chi connectivity index (χ2v) is 5.56. The number of nitrogens with one attached hydrogen (secondary N) is 3. The van der Waals surface area contributed by atoms with Crippen molar-refractivity contribution in [3.63, 3.8) is 0 Å². The third-order valence-corrected chi connectivity index (χ3v) is 3.95. The molecule has 1 saturated heterocycles. The minimum absolute atomic E-state index is 0.0711. The summed E-state index contributed by atoms with van der Waals surface area (Å²) >= 11 is 0. The van der Waals surface area contributed by atoms with Crippen LogP contribution in [0.25, 0.3) is 0 Å². The maximum absolute atomic E-state index is 11.8. The summed E-state index contributed by atoms with van der Waals surface area (Å²) in [6.45, 7) is 5.14. The minimum Gasteiger partial charge on any atom is -0.356 e. The number of hydrazine groups is 1. The molecule has 110 valence electrons. The summed E-state index contributed by atoms with van der Waals surface area (Å²) in [5, 5.41) is 2.98. The van der Waals surface area contributed by atoms with Gasteiger partial charge in [-0.15, -0.1) is 0 Å². The van der Waals surface area contributed by atoms with E-state index in [1.165, 1.54) is 0 Å². The van der Waals surface area contributed by atoms with Gasteiger partial charge >= 0.3 is 0 Å². The van der Waals surface area contributed by atoms with Gasteiger partial charge in [-0.25, -0.2) is 0 Å². The number of nitrogens with zero attached hydrogens (tertiary/aromatic N) is 1. The van der Waals surface area contributed by atoms with Gasteiger partial charge in [0.15, 0.2) is 0 Å². The van der Waals surface area contributed by atoms with Gasteiger partial charge in [-0.1, -0.05) is 6.07 Å². The third-order valence-electron chi connectivity index (χ3n) is 3.95. The quantitative estimate of drug-likeness (QED) is 0.679. The van der Waals surface area contributed by atoms with E-state index >= 15 is 0 Å². The SMILES string of the molecule is CC1NNC(C)C1CCCNC(=O)Cc1cccnc1. The van der Waals surface area contributed by atoms with E-state index in [1.807, 2.05) is 12.1 Å². The summed E-state index contributed by atoms with van der Waals surface area (Å²) in [7, 11) is 0. The van der Waals surface area contributed by atoms with Crippen LogP contribution in [0.3, 0.4) is 0 Å². The van der Waals surface area contributed by atoms with Gasteiger partial charge in [-0.3, -0.25) is 20.6 Å². The van der Waals surface area contributed by atoms with Crippen LogP contribution in [0.1, 0.15) is 32.3 Å². The molecule has 1 aromatic rings. The molecule has 0 spiro atoms. The molecule has 1 aliphatic rings. The maximum atomic E-state index is 11.8. The molecule has 2 unspecified atom stereocenters. The van der Waals surface area contributed by atoms with E-state index in [-0.39, 0.29) is 5.91 Å². The molecule has 5 heteroatoms. The Labute approximate surface area is 120 Å². The number of carbonyl (C=O) groups excluding carboxylic acids is 1. The number of hydrogen-bond acceptors (Lipinski definition) is 4. The summed E-state index contributed by atoms with van der Waals surface area (Å²) in [6, 6.07) is 4.77. The van der Waals surface area contributed by atoms with Crippen LogP contribution in [0.5, 0.6) is 0 Å². The lowest BCUT2D eigenvalue weighted by Gasteiger charge is -2.17. The number of rotatable bonds is 6. The number of amides is 1. The minimum atomic E-state index is 0.0711. The molecule has 1 amide bonds. The van der Waals surface area contributed by atoms with Gasteiger partial charge in [0.2, 0.25) is 5.91 Å². The largest absolute Gasteiger partial charge is 0.356 e. The van der Waals surface area contributed by atoms with Gasteiger partial charge in [0.05, 0.1) is 6.42 Å². The monoisotopic (exact) mass is 276 g/mol. The van der Waals surface area contributed by atoms with Crippen molar-refractivity contribution < 1.29 is 4.79 Å². The van der Waals surface area contributed by atoms with Gasteiger partial charge < -0.3 is 5.32 Å². The molecule has 1 fully saturated rings. The van der Waals surface area contributed by atoms with Crippen molar-refractivity contribution in [1.29, 1.82) is 0 Å². The number of hydrogen-bond donors (Lipinski definition) is 3. The molecule has 0 saturated carbocycles. The van der Waals surface area contributed by atoms with Crippen LogP contribution in [0.2, 0.25) is 0 Å². The van der Waals surface area contributed by atoms with Crippen LogP contribution in [-0.2, 0) is 11.2 Å². The molecular weight excluding hydrogens is 252 g/mol. The summed E-state index contributed by atoms with van der Waals surface area (Å²) < 4.78 is 0. The molecular formula is C15H24N4O. The first-order chi connectivity index (χ1) is 9.66. The number of pyridine rings is 1. The summed E-state index contributed by atoms with van der Waals surface area (Å²) in [4.78, 5) is 15.8. The average molecular weight is 276 g/mol.